The lowest BCUT2D eigenvalue weighted by Crippen LogP contribution is -2.42. The van der Waals surface area contributed by atoms with Gasteiger partial charge < -0.3 is 20.5 Å². The van der Waals surface area contributed by atoms with Gasteiger partial charge in [-0.2, -0.15) is 0 Å². The highest BCUT2D eigenvalue weighted by Crippen LogP contribution is 2.28. The van der Waals surface area contributed by atoms with E-state index >= 15 is 0 Å². The van der Waals surface area contributed by atoms with Crippen LogP contribution in [0.5, 0.6) is 0 Å². The van der Waals surface area contributed by atoms with Crippen LogP contribution >= 0.6 is 24.0 Å². The fraction of sp³-hybridized carbons (Fsp3) is 0.611. The third-order valence-electron chi connectivity index (χ3n) is 5.03. The number of methoxy groups -OCH3 is 1. The lowest BCUT2D eigenvalue weighted by Gasteiger charge is -2.34. The standard InChI is InChI=1S/C18H27N3O2.HI/c1-22-18(9-11-23-12-10-18)13-20-17(19)21-16-8-4-6-14-5-2-3-7-15(14)16;/h4,6,8H,2-3,5,7,9-13H2,1H3,(H3,19,20,21);1H. The average molecular weight is 445 g/mol. The Balaban J connectivity index is 0.00000208. The number of nitrogens with one attached hydrogen (secondary N) is 1. The smallest absolute Gasteiger partial charge is 0.193 e. The minimum absolute atomic E-state index is 0. The molecule has 134 valence electrons. The van der Waals surface area contributed by atoms with Gasteiger partial charge >= 0.3 is 0 Å². The largest absolute Gasteiger partial charge is 0.381 e. The predicted molar refractivity (Wildman–Crippen MR) is 108 cm³/mol. The van der Waals surface area contributed by atoms with Gasteiger partial charge in [0, 0.05) is 38.9 Å². The van der Waals surface area contributed by atoms with E-state index in [0.717, 1.165) is 44.6 Å². The summed E-state index contributed by atoms with van der Waals surface area (Å²) in [5.74, 6) is 0.465. The zero-order chi connectivity index (χ0) is 16.1. The van der Waals surface area contributed by atoms with E-state index in [2.05, 4.69) is 28.5 Å². The topological polar surface area (TPSA) is 68.9 Å². The molecule has 3 rings (SSSR count). The average Bonchev–Trinajstić information content (AvgIpc) is 2.61. The first kappa shape index (κ1) is 19.5. The summed E-state index contributed by atoms with van der Waals surface area (Å²) >= 11 is 0. The molecule has 0 bridgehead atoms. The first-order chi connectivity index (χ1) is 11.2. The van der Waals surface area contributed by atoms with E-state index in [4.69, 9.17) is 15.2 Å². The van der Waals surface area contributed by atoms with Gasteiger partial charge in [-0.25, -0.2) is 0 Å². The van der Waals surface area contributed by atoms with Crippen LogP contribution in [0.2, 0.25) is 0 Å². The molecule has 1 fully saturated rings. The summed E-state index contributed by atoms with van der Waals surface area (Å²) in [6, 6.07) is 6.40. The minimum Gasteiger partial charge on any atom is -0.381 e. The Morgan fingerprint density at radius 2 is 2.04 bits per heavy atom. The number of guanidine groups is 1. The van der Waals surface area contributed by atoms with E-state index in [9.17, 15) is 0 Å². The van der Waals surface area contributed by atoms with Crippen molar-refractivity contribution >= 4 is 35.6 Å². The zero-order valence-electron chi connectivity index (χ0n) is 14.3. The number of rotatable bonds is 4. The molecular formula is C18H28IN3O2. The molecule has 0 unspecified atom stereocenters. The third-order valence-corrected chi connectivity index (χ3v) is 5.03. The Bertz CT molecular complexity index is 571. The normalized spacial score (nSPS) is 20.0. The summed E-state index contributed by atoms with van der Waals surface area (Å²) in [5, 5.41) is 3.29. The predicted octanol–water partition coefficient (Wildman–Crippen LogP) is 3.11. The first-order valence-electron chi connectivity index (χ1n) is 8.53. The summed E-state index contributed by atoms with van der Waals surface area (Å²) < 4.78 is 11.1. The lowest BCUT2D eigenvalue weighted by molar-refractivity contribution is -0.0828. The van der Waals surface area contributed by atoms with Crippen molar-refractivity contribution in [1.29, 1.82) is 0 Å². The minimum atomic E-state index is -0.235. The van der Waals surface area contributed by atoms with Gasteiger partial charge in [0.05, 0.1) is 12.1 Å². The molecule has 1 aromatic carbocycles. The molecule has 0 aromatic heterocycles. The molecule has 2 aliphatic rings. The van der Waals surface area contributed by atoms with Gasteiger partial charge in [0.15, 0.2) is 5.96 Å². The Morgan fingerprint density at radius 3 is 2.79 bits per heavy atom. The molecule has 0 saturated carbocycles. The van der Waals surface area contributed by atoms with Gasteiger partial charge in [0.2, 0.25) is 0 Å². The SMILES string of the molecule is COC1(CN=C(N)Nc2cccc3c2CCCC3)CCOCC1.I. The van der Waals surface area contributed by atoms with E-state index in [1.54, 1.807) is 7.11 Å². The van der Waals surface area contributed by atoms with Crippen LogP contribution in [0.1, 0.15) is 36.8 Å². The molecule has 1 saturated heterocycles. The molecule has 1 aliphatic heterocycles. The molecular weight excluding hydrogens is 417 g/mol. The van der Waals surface area contributed by atoms with Gasteiger partial charge in [-0.1, -0.05) is 12.1 Å². The number of ether oxygens (including phenoxy) is 2. The second-order valence-corrected chi connectivity index (χ2v) is 6.48. The number of anilines is 1. The lowest BCUT2D eigenvalue weighted by atomic mass is 9.90. The van der Waals surface area contributed by atoms with Crippen molar-refractivity contribution in [2.24, 2.45) is 10.7 Å². The van der Waals surface area contributed by atoms with Gasteiger partial charge in [0.25, 0.3) is 0 Å². The highest BCUT2D eigenvalue weighted by atomic mass is 127. The number of nitrogens with zero attached hydrogens (tertiary/aromatic N) is 1. The fourth-order valence-electron chi connectivity index (χ4n) is 3.48. The Kier molecular flexibility index (Phi) is 7.31. The van der Waals surface area contributed by atoms with E-state index in [0.29, 0.717) is 12.5 Å². The number of hydrogen-bond acceptors (Lipinski definition) is 3. The summed E-state index contributed by atoms with van der Waals surface area (Å²) in [5.41, 5.74) is 9.82. The fourth-order valence-corrected chi connectivity index (χ4v) is 3.48. The second-order valence-electron chi connectivity index (χ2n) is 6.48. The molecule has 24 heavy (non-hydrogen) atoms. The van der Waals surface area contributed by atoms with Crippen LogP contribution in [0.25, 0.3) is 0 Å². The monoisotopic (exact) mass is 445 g/mol. The summed E-state index contributed by atoms with van der Waals surface area (Å²) in [6.45, 7) is 2.02. The van der Waals surface area contributed by atoms with Gasteiger partial charge in [0.1, 0.15) is 0 Å². The molecule has 1 aromatic rings. The molecule has 5 nitrogen and oxygen atoms in total. The Hall–Kier alpha value is -0.860. The van der Waals surface area contributed by atoms with Crippen molar-refractivity contribution in [3.63, 3.8) is 0 Å². The van der Waals surface area contributed by atoms with Crippen molar-refractivity contribution in [3.05, 3.63) is 29.3 Å². The maximum Gasteiger partial charge on any atom is 0.193 e. The van der Waals surface area contributed by atoms with Gasteiger partial charge in [-0.15, -0.1) is 24.0 Å². The molecule has 3 N–H and O–H groups in total. The van der Waals surface area contributed by atoms with Crippen molar-refractivity contribution < 1.29 is 9.47 Å². The van der Waals surface area contributed by atoms with Crippen LogP contribution in [0.15, 0.2) is 23.2 Å². The molecule has 1 aliphatic carbocycles. The van der Waals surface area contributed by atoms with Crippen molar-refractivity contribution in [1.82, 2.24) is 0 Å². The number of aliphatic imine (C=N–C) groups is 1. The maximum absolute atomic E-state index is 6.12. The molecule has 0 spiro atoms. The number of halogens is 1. The Labute approximate surface area is 161 Å². The highest BCUT2D eigenvalue weighted by molar-refractivity contribution is 14.0. The van der Waals surface area contributed by atoms with Crippen molar-refractivity contribution in [2.45, 2.75) is 44.1 Å². The number of fused-ring (bicyclic) bond motifs is 1. The van der Waals surface area contributed by atoms with E-state index in [1.807, 2.05) is 0 Å². The molecule has 6 heteroatoms. The summed E-state index contributed by atoms with van der Waals surface area (Å²) in [4.78, 5) is 4.54. The van der Waals surface area contributed by atoms with Crippen LogP contribution in [0.4, 0.5) is 5.69 Å². The third kappa shape index (κ3) is 4.61. The number of aryl methyl sites for hydroxylation is 1. The summed E-state index contributed by atoms with van der Waals surface area (Å²) in [7, 11) is 1.75. The molecule has 1 heterocycles. The van der Waals surface area contributed by atoms with E-state index < -0.39 is 0 Å². The first-order valence-corrected chi connectivity index (χ1v) is 8.53. The van der Waals surface area contributed by atoms with Crippen LogP contribution in [-0.2, 0) is 22.3 Å². The van der Waals surface area contributed by atoms with Crippen LogP contribution in [0, 0.1) is 0 Å². The molecule has 0 atom stereocenters. The van der Waals surface area contributed by atoms with Gasteiger partial charge in [-0.3, -0.25) is 4.99 Å². The quantitative estimate of drug-likeness (QED) is 0.425. The number of hydrogen-bond donors (Lipinski definition) is 2. The van der Waals surface area contributed by atoms with Crippen molar-refractivity contribution in [3.8, 4) is 0 Å². The van der Waals surface area contributed by atoms with Crippen LogP contribution in [-0.4, -0.2) is 38.4 Å². The number of nitrogens with two attached hydrogens (primary N) is 1. The number of benzene rings is 1. The zero-order valence-corrected chi connectivity index (χ0v) is 16.7. The van der Waals surface area contributed by atoms with E-state index in [1.165, 1.54) is 24.0 Å². The summed E-state index contributed by atoms with van der Waals surface area (Å²) in [6.07, 6.45) is 6.52. The molecule has 0 radical (unpaired) electrons. The van der Waals surface area contributed by atoms with Gasteiger partial charge in [-0.05, 0) is 42.9 Å². The Morgan fingerprint density at radius 1 is 1.29 bits per heavy atom. The second kappa shape index (κ2) is 9.01. The van der Waals surface area contributed by atoms with Crippen molar-refractivity contribution in [2.75, 3.05) is 32.2 Å². The molecule has 0 amide bonds. The van der Waals surface area contributed by atoms with E-state index in [-0.39, 0.29) is 29.6 Å². The maximum atomic E-state index is 6.12. The van der Waals surface area contributed by atoms with Crippen LogP contribution < -0.4 is 11.1 Å². The van der Waals surface area contributed by atoms with Crippen LogP contribution in [0.3, 0.4) is 0 Å². The highest BCUT2D eigenvalue weighted by Gasteiger charge is 2.32.